The Bertz CT molecular complexity index is 438. The molecule has 0 aromatic carbocycles. The van der Waals surface area contributed by atoms with Gasteiger partial charge >= 0.3 is 0 Å². The summed E-state index contributed by atoms with van der Waals surface area (Å²) in [5.74, 6) is 0. The molecule has 12 heteroatoms. The quantitative estimate of drug-likeness (QED) is 0.203. The van der Waals surface area contributed by atoms with Crippen LogP contribution in [0.1, 0.15) is 0 Å². The van der Waals surface area contributed by atoms with Gasteiger partial charge in [0.25, 0.3) is 0 Å². The molecule has 0 saturated carbocycles. The van der Waals surface area contributed by atoms with Gasteiger partial charge in [-0.1, -0.05) is 0 Å². The van der Waals surface area contributed by atoms with Crippen LogP contribution in [0.5, 0.6) is 0 Å². The van der Waals surface area contributed by atoms with E-state index in [-0.39, 0.29) is 6.61 Å². The van der Waals surface area contributed by atoms with Crippen molar-refractivity contribution < 1.29 is 58.1 Å². The number of methoxy groups -OCH3 is 7. The summed E-state index contributed by atoms with van der Waals surface area (Å²) in [6.45, 7) is -0.388. The van der Waals surface area contributed by atoms with Crippen molar-refractivity contribution in [2.75, 3.05) is 63.0 Å². The highest BCUT2D eigenvalue weighted by Gasteiger charge is 2.35. The summed E-state index contributed by atoms with van der Waals surface area (Å²) in [6, 6.07) is 0. The molecule has 0 saturated heterocycles. The second-order valence-corrected chi connectivity index (χ2v) is 6.25. The average Bonchev–Trinajstić information content (AvgIpc) is 2.79. The van der Waals surface area contributed by atoms with Crippen LogP contribution >= 0.6 is 0 Å². The molecule has 8 atom stereocenters. The molecule has 0 amide bonds. The predicted octanol–water partition coefficient (Wildman–Crippen LogP) is -2.18. The van der Waals surface area contributed by atoms with E-state index in [2.05, 4.69) is 0 Å². The first-order chi connectivity index (χ1) is 14.8. The molecule has 0 spiro atoms. The lowest BCUT2D eigenvalue weighted by Crippen LogP contribution is -2.49. The largest absolute Gasteiger partial charge is 0.394 e. The van der Waals surface area contributed by atoms with E-state index in [1.165, 1.54) is 49.8 Å². The fourth-order valence-electron chi connectivity index (χ4n) is 2.83. The standard InChI is InChI=1S/C10H20O6.C9H18O6/c1-13-6-7(12)9(15-3)10(16-4)8(5-11)14-2;1-13-7(5-11)9(15-3)8(14-2)6(12)4-10/h5,7-10,12H,6H2,1-4H3;5-10,12H,4H2,1-3H3/t7-,8+,9-,10-;6-,7+,8-,9-/m11/s1. The molecule has 186 valence electrons. The molecule has 3 N–H and O–H groups in total. The molecule has 0 rings (SSSR count). The molecule has 0 aromatic heterocycles. The molecule has 0 fully saturated rings. The van der Waals surface area contributed by atoms with Crippen LogP contribution in [0.25, 0.3) is 0 Å². The Morgan fingerprint density at radius 3 is 1.19 bits per heavy atom. The monoisotopic (exact) mass is 458 g/mol. The van der Waals surface area contributed by atoms with Gasteiger partial charge in [-0.3, -0.25) is 0 Å². The van der Waals surface area contributed by atoms with E-state index >= 15 is 0 Å². The number of aldehydes is 2. The molecule has 12 nitrogen and oxygen atoms in total. The van der Waals surface area contributed by atoms with Gasteiger partial charge in [-0.25, -0.2) is 0 Å². The molecule has 0 aliphatic carbocycles. The first-order valence-electron chi connectivity index (χ1n) is 9.35. The minimum atomic E-state index is -1.13. The van der Waals surface area contributed by atoms with Gasteiger partial charge in [0.1, 0.15) is 48.8 Å². The van der Waals surface area contributed by atoms with E-state index in [1.54, 1.807) is 0 Å². The van der Waals surface area contributed by atoms with E-state index in [4.69, 9.17) is 38.3 Å². The lowest BCUT2D eigenvalue weighted by atomic mass is 10.0. The van der Waals surface area contributed by atoms with Gasteiger partial charge in [0.15, 0.2) is 12.6 Å². The van der Waals surface area contributed by atoms with E-state index in [9.17, 15) is 19.8 Å². The number of carbonyl (C=O) groups is 2. The zero-order valence-corrected chi connectivity index (χ0v) is 19.2. The maximum Gasteiger partial charge on any atom is 0.151 e. The Morgan fingerprint density at radius 2 is 0.968 bits per heavy atom. The minimum Gasteiger partial charge on any atom is -0.394 e. The topological polar surface area (TPSA) is 159 Å². The lowest BCUT2D eigenvalue weighted by Gasteiger charge is -2.31. The zero-order chi connectivity index (χ0) is 24.4. The van der Waals surface area contributed by atoms with Crippen LogP contribution < -0.4 is 0 Å². The van der Waals surface area contributed by atoms with Crippen molar-refractivity contribution in [2.24, 2.45) is 0 Å². The summed E-state index contributed by atoms with van der Waals surface area (Å²) < 4.78 is 34.8. The van der Waals surface area contributed by atoms with Crippen molar-refractivity contribution in [3.63, 3.8) is 0 Å². The van der Waals surface area contributed by atoms with Crippen LogP contribution in [-0.2, 0) is 42.7 Å². The maximum absolute atomic E-state index is 10.8. The Kier molecular flexibility index (Phi) is 20.3. The van der Waals surface area contributed by atoms with Crippen LogP contribution in [-0.4, -0.2) is 140 Å². The Morgan fingerprint density at radius 1 is 0.613 bits per heavy atom. The lowest BCUT2D eigenvalue weighted by molar-refractivity contribution is -0.156. The van der Waals surface area contributed by atoms with Gasteiger partial charge < -0.3 is 58.1 Å². The van der Waals surface area contributed by atoms with Gasteiger partial charge in [-0.15, -0.1) is 0 Å². The third-order valence-electron chi connectivity index (χ3n) is 4.48. The molecule has 31 heavy (non-hydrogen) atoms. The van der Waals surface area contributed by atoms with Gasteiger partial charge in [-0.05, 0) is 0 Å². The first kappa shape index (κ1) is 32.1. The fraction of sp³-hybridized carbons (Fsp3) is 0.895. The van der Waals surface area contributed by atoms with E-state index in [0.717, 1.165) is 0 Å². The smallest absolute Gasteiger partial charge is 0.151 e. The Hall–Kier alpha value is -1.06. The summed E-state index contributed by atoms with van der Waals surface area (Å²) in [7, 11) is 9.77. The summed E-state index contributed by atoms with van der Waals surface area (Å²) in [6.07, 6.45) is -5.45. The van der Waals surface area contributed by atoms with Crippen LogP contribution in [0, 0.1) is 0 Å². The van der Waals surface area contributed by atoms with Gasteiger partial charge in [0, 0.05) is 49.8 Å². The summed E-state index contributed by atoms with van der Waals surface area (Å²) >= 11 is 0. The van der Waals surface area contributed by atoms with E-state index < -0.39 is 55.4 Å². The molecule has 0 unspecified atom stereocenters. The van der Waals surface area contributed by atoms with E-state index in [1.807, 2.05) is 0 Å². The van der Waals surface area contributed by atoms with Crippen LogP contribution in [0.2, 0.25) is 0 Å². The van der Waals surface area contributed by atoms with Crippen molar-refractivity contribution in [1.82, 2.24) is 0 Å². The molecule has 0 bridgehead atoms. The van der Waals surface area contributed by atoms with Crippen LogP contribution in [0.4, 0.5) is 0 Å². The number of aliphatic hydroxyl groups excluding tert-OH is 3. The SMILES string of the molecule is COC[C@@H](O)[C@@H](OC)[C@H](OC)[C@H](C=O)OC.CO[C@@H]([C@H](OC)[C@H](C=O)OC)[C@H](O)CO. The van der Waals surface area contributed by atoms with Crippen LogP contribution in [0.3, 0.4) is 0 Å². The predicted molar refractivity (Wildman–Crippen MR) is 108 cm³/mol. The molecule has 0 aliphatic rings. The van der Waals surface area contributed by atoms with Gasteiger partial charge in [0.05, 0.1) is 13.2 Å². The van der Waals surface area contributed by atoms with Crippen molar-refractivity contribution in [2.45, 2.75) is 48.8 Å². The number of rotatable bonds is 17. The van der Waals surface area contributed by atoms with E-state index in [0.29, 0.717) is 12.6 Å². The molecule has 0 heterocycles. The summed E-state index contributed by atoms with van der Waals surface area (Å²) in [4.78, 5) is 21.4. The van der Waals surface area contributed by atoms with Crippen molar-refractivity contribution >= 4 is 12.6 Å². The van der Waals surface area contributed by atoms with Crippen molar-refractivity contribution in [3.05, 3.63) is 0 Å². The molecular formula is C19H38O12. The summed E-state index contributed by atoms with van der Waals surface area (Å²) in [5.41, 5.74) is 0. The van der Waals surface area contributed by atoms with Crippen molar-refractivity contribution in [3.8, 4) is 0 Å². The minimum absolute atomic E-state index is 0.0909. The highest BCUT2D eigenvalue weighted by Crippen LogP contribution is 2.14. The Balaban J connectivity index is 0. The third-order valence-corrected chi connectivity index (χ3v) is 4.48. The maximum atomic E-state index is 10.8. The third kappa shape index (κ3) is 10.9. The zero-order valence-electron chi connectivity index (χ0n) is 19.2. The van der Waals surface area contributed by atoms with Gasteiger partial charge in [-0.2, -0.15) is 0 Å². The normalized spacial score (nSPS) is 19.0. The first-order valence-corrected chi connectivity index (χ1v) is 9.35. The molecular weight excluding hydrogens is 420 g/mol. The number of ether oxygens (including phenoxy) is 7. The number of hydrogen-bond acceptors (Lipinski definition) is 12. The highest BCUT2D eigenvalue weighted by atomic mass is 16.6. The number of carbonyl (C=O) groups excluding carboxylic acids is 2. The second-order valence-electron chi connectivity index (χ2n) is 6.25. The number of hydrogen-bond donors (Lipinski definition) is 3. The highest BCUT2D eigenvalue weighted by molar-refractivity contribution is 5.57. The number of aliphatic hydroxyl groups is 3. The molecule has 0 aliphatic heterocycles. The Labute approximate surface area is 183 Å². The van der Waals surface area contributed by atoms with Crippen molar-refractivity contribution in [1.29, 1.82) is 0 Å². The van der Waals surface area contributed by atoms with Crippen LogP contribution in [0.15, 0.2) is 0 Å². The summed E-state index contributed by atoms with van der Waals surface area (Å²) in [5, 5.41) is 28.0. The van der Waals surface area contributed by atoms with Gasteiger partial charge in [0.2, 0.25) is 0 Å². The molecule has 0 radical (unpaired) electrons. The fourth-order valence-corrected chi connectivity index (χ4v) is 2.83. The molecule has 0 aromatic rings. The second kappa shape index (κ2) is 19.6. The average molecular weight is 459 g/mol.